The second kappa shape index (κ2) is 12.9. The summed E-state index contributed by atoms with van der Waals surface area (Å²) in [5, 5.41) is 3.38. The summed E-state index contributed by atoms with van der Waals surface area (Å²) in [7, 11) is -2.64. The minimum absolute atomic E-state index is 0.00791. The van der Waals surface area contributed by atoms with Gasteiger partial charge in [-0.1, -0.05) is 60.0 Å². The van der Waals surface area contributed by atoms with Crippen molar-refractivity contribution in [3.63, 3.8) is 0 Å². The van der Waals surface area contributed by atoms with E-state index in [2.05, 4.69) is 5.32 Å². The van der Waals surface area contributed by atoms with Crippen molar-refractivity contribution in [1.29, 1.82) is 0 Å². The Bertz CT molecular complexity index is 1440. The lowest BCUT2D eigenvalue weighted by atomic mass is 10.1. The summed E-state index contributed by atoms with van der Waals surface area (Å²) in [5.74, 6) is -0.915. The van der Waals surface area contributed by atoms with Crippen molar-refractivity contribution in [3.8, 4) is 0 Å². The third kappa shape index (κ3) is 7.32. The van der Waals surface area contributed by atoms with Crippen LogP contribution in [0.25, 0.3) is 0 Å². The maximum absolute atomic E-state index is 14.0. The van der Waals surface area contributed by atoms with E-state index < -0.39 is 28.5 Å². The highest BCUT2D eigenvalue weighted by molar-refractivity contribution is 7.92. The molecule has 0 fully saturated rings. The topological polar surface area (TPSA) is 86.8 Å². The zero-order valence-corrected chi connectivity index (χ0v) is 25.0. The third-order valence-electron chi connectivity index (χ3n) is 6.37. The van der Waals surface area contributed by atoms with Crippen LogP contribution in [0, 0.1) is 20.8 Å². The number of rotatable bonds is 10. The van der Waals surface area contributed by atoms with Gasteiger partial charge in [0.25, 0.3) is 10.0 Å². The van der Waals surface area contributed by atoms with E-state index in [1.807, 2.05) is 26.8 Å². The molecular weight excluding hydrogens is 557 g/mol. The number of halogens is 2. The first kappa shape index (κ1) is 30.5. The predicted octanol–water partition coefficient (Wildman–Crippen LogP) is 5.67. The van der Waals surface area contributed by atoms with E-state index in [1.54, 1.807) is 49.4 Å². The largest absolute Gasteiger partial charge is 0.357 e. The fourth-order valence-corrected chi connectivity index (χ4v) is 6.25. The number of anilines is 1. The molecule has 208 valence electrons. The highest BCUT2D eigenvalue weighted by Crippen LogP contribution is 2.28. The molecule has 1 atom stereocenters. The van der Waals surface area contributed by atoms with E-state index in [1.165, 1.54) is 24.1 Å². The monoisotopic (exact) mass is 589 g/mol. The lowest BCUT2D eigenvalue weighted by Crippen LogP contribution is -2.51. The number of sulfonamides is 1. The predicted molar refractivity (Wildman–Crippen MR) is 157 cm³/mol. The molecule has 0 radical (unpaired) electrons. The molecule has 3 rings (SSSR count). The molecular formula is C29H33Cl2N3O4S. The number of benzene rings is 3. The third-order valence-corrected chi connectivity index (χ3v) is 8.75. The van der Waals surface area contributed by atoms with Crippen LogP contribution in [0.1, 0.15) is 35.6 Å². The summed E-state index contributed by atoms with van der Waals surface area (Å²) in [6.45, 7) is 6.86. The molecule has 0 unspecified atom stereocenters. The van der Waals surface area contributed by atoms with E-state index in [9.17, 15) is 18.0 Å². The second-order valence-corrected chi connectivity index (χ2v) is 12.2. The molecule has 39 heavy (non-hydrogen) atoms. The molecule has 10 heteroatoms. The van der Waals surface area contributed by atoms with Crippen molar-refractivity contribution < 1.29 is 18.0 Å². The van der Waals surface area contributed by atoms with Crippen LogP contribution in [0.5, 0.6) is 0 Å². The number of hydrogen-bond donors (Lipinski definition) is 1. The van der Waals surface area contributed by atoms with Crippen LogP contribution in [0.15, 0.2) is 65.6 Å². The Hall–Kier alpha value is -3.07. The molecule has 0 saturated heterocycles. The van der Waals surface area contributed by atoms with E-state index in [0.29, 0.717) is 27.7 Å². The van der Waals surface area contributed by atoms with Crippen LogP contribution in [-0.2, 0) is 26.2 Å². The minimum atomic E-state index is -4.14. The van der Waals surface area contributed by atoms with Gasteiger partial charge in [-0.2, -0.15) is 0 Å². The summed E-state index contributed by atoms with van der Waals surface area (Å²) in [4.78, 5) is 28.3. The molecule has 0 aliphatic heterocycles. The number of amides is 2. The molecule has 2 amide bonds. The van der Waals surface area contributed by atoms with E-state index in [0.717, 1.165) is 21.0 Å². The highest BCUT2D eigenvalue weighted by atomic mass is 35.5. The Labute approximate surface area is 240 Å². The molecule has 3 aromatic rings. The van der Waals surface area contributed by atoms with Crippen molar-refractivity contribution >= 4 is 50.7 Å². The zero-order valence-electron chi connectivity index (χ0n) is 22.7. The number of nitrogens with one attached hydrogen (secondary N) is 1. The summed E-state index contributed by atoms with van der Waals surface area (Å²) in [6.07, 6.45) is 0.310. The SMILES string of the molecule is CC[C@@H](C(=O)NC)N(Cc1ccc(Cl)cc1Cl)C(=O)CN(c1cc(C)cc(C)c1)S(=O)(=O)c1ccc(C)cc1. The van der Waals surface area contributed by atoms with Crippen LogP contribution in [0.3, 0.4) is 0 Å². The average molecular weight is 591 g/mol. The Morgan fingerprint density at radius 3 is 2.05 bits per heavy atom. The van der Waals surface area contributed by atoms with Crippen LogP contribution in [-0.4, -0.2) is 44.8 Å². The first-order valence-electron chi connectivity index (χ1n) is 12.5. The fraction of sp³-hybridized carbons (Fsp3) is 0.310. The summed E-state index contributed by atoms with van der Waals surface area (Å²) >= 11 is 12.5. The van der Waals surface area contributed by atoms with Gasteiger partial charge in [0, 0.05) is 23.6 Å². The number of carbonyl (C=O) groups is 2. The van der Waals surface area contributed by atoms with Gasteiger partial charge in [0.05, 0.1) is 10.6 Å². The summed E-state index contributed by atoms with van der Waals surface area (Å²) in [5.41, 5.74) is 3.55. The molecule has 1 N–H and O–H groups in total. The van der Waals surface area contributed by atoms with Crippen molar-refractivity contribution in [3.05, 3.63) is 93.0 Å². The Morgan fingerprint density at radius 1 is 0.897 bits per heavy atom. The van der Waals surface area contributed by atoms with Crippen LogP contribution in [0.2, 0.25) is 10.0 Å². The smallest absolute Gasteiger partial charge is 0.264 e. The van der Waals surface area contributed by atoms with Gasteiger partial charge in [0.2, 0.25) is 11.8 Å². The van der Waals surface area contributed by atoms with Gasteiger partial charge in [-0.15, -0.1) is 0 Å². The standard InChI is InChI=1S/C29H33Cl2N3O4S/c1-6-27(29(36)32-5)33(17-22-9-10-23(30)16-26(22)31)28(35)18-34(24-14-20(3)13-21(4)15-24)39(37,38)25-11-7-19(2)8-12-25/h7-16,27H,6,17-18H2,1-5H3,(H,32,36)/t27-/m0/s1. The Balaban J connectivity index is 2.11. The molecule has 0 aliphatic carbocycles. The average Bonchev–Trinajstić information content (AvgIpc) is 2.87. The maximum atomic E-state index is 14.0. The van der Waals surface area contributed by atoms with Gasteiger partial charge >= 0.3 is 0 Å². The lowest BCUT2D eigenvalue weighted by molar-refractivity contribution is -0.140. The van der Waals surface area contributed by atoms with Crippen molar-refractivity contribution in [2.45, 2.75) is 51.6 Å². The van der Waals surface area contributed by atoms with Crippen LogP contribution >= 0.6 is 23.2 Å². The molecule has 7 nitrogen and oxygen atoms in total. The number of likely N-dealkylation sites (N-methyl/N-ethyl adjacent to an activating group) is 1. The molecule has 0 heterocycles. The second-order valence-electron chi connectivity index (χ2n) is 9.47. The Kier molecular flexibility index (Phi) is 10.0. The maximum Gasteiger partial charge on any atom is 0.264 e. The first-order valence-corrected chi connectivity index (χ1v) is 14.7. The summed E-state index contributed by atoms with van der Waals surface area (Å²) in [6, 6.07) is 15.9. The summed E-state index contributed by atoms with van der Waals surface area (Å²) < 4.78 is 29.0. The molecule has 0 aliphatic rings. The van der Waals surface area contributed by atoms with Gasteiger partial charge in [-0.05, 0) is 80.3 Å². The van der Waals surface area contributed by atoms with Gasteiger partial charge in [0.1, 0.15) is 12.6 Å². The van der Waals surface area contributed by atoms with Crippen molar-refractivity contribution in [2.24, 2.45) is 0 Å². The zero-order chi connectivity index (χ0) is 28.9. The molecule has 0 bridgehead atoms. The fourth-order valence-electron chi connectivity index (χ4n) is 4.38. The van der Waals surface area contributed by atoms with Crippen LogP contribution < -0.4 is 9.62 Å². The van der Waals surface area contributed by atoms with Crippen molar-refractivity contribution in [2.75, 3.05) is 17.9 Å². The number of nitrogens with zero attached hydrogens (tertiary/aromatic N) is 2. The number of hydrogen-bond acceptors (Lipinski definition) is 4. The highest BCUT2D eigenvalue weighted by Gasteiger charge is 2.33. The molecule has 0 spiro atoms. The van der Waals surface area contributed by atoms with Gasteiger partial charge in [-0.3, -0.25) is 13.9 Å². The minimum Gasteiger partial charge on any atom is -0.357 e. The molecule has 0 aromatic heterocycles. The van der Waals surface area contributed by atoms with Crippen LogP contribution in [0.4, 0.5) is 5.69 Å². The number of aryl methyl sites for hydroxylation is 3. The van der Waals surface area contributed by atoms with Gasteiger partial charge in [-0.25, -0.2) is 8.42 Å². The molecule has 3 aromatic carbocycles. The quantitative estimate of drug-likeness (QED) is 0.330. The van der Waals surface area contributed by atoms with Gasteiger partial charge in [0.15, 0.2) is 0 Å². The van der Waals surface area contributed by atoms with E-state index >= 15 is 0 Å². The van der Waals surface area contributed by atoms with E-state index in [4.69, 9.17) is 23.2 Å². The van der Waals surface area contributed by atoms with E-state index in [-0.39, 0.29) is 17.3 Å². The molecule has 0 saturated carbocycles. The number of carbonyl (C=O) groups excluding carboxylic acids is 2. The van der Waals surface area contributed by atoms with Gasteiger partial charge < -0.3 is 10.2 Å². The lowest BCUT2D eigenvalue weighted by Gasteiger charge is -2.33. The Morgan fingerprint density at radius 2 is 1.51 bits per heavy atom. The van der Waals surface area contributed by atoms with Crippen molar-refractivity contribution in [1.82, 2.24) is 10.2 Å². The first-order chi connectivity index (χ1) is 18.4. The normalized spacial score (nSPS) is 12.1.